The Hall–Kier alpha value is -4.51. The summed E-state index contributed by atoms with van der Waals surface area (Å²) in [6.45, 7) is 3.03. The van der Waals surface area contributed by atoms with Gasteiger partial charge in [-0.15, -0.1) is 0 Å². The van der Waals surface area contributed by atoms with Crippen LogP contribution in [0.15, 0.2) is 97.3 Å². The molecule has 0 aliphatic rings. The molecule has 3 aromatic carbocycles. The molecule has 1 amide bonds. The van der Waals surface area contributed by atoms with Crippen molar-refractivity contribution in [1.29, 1.82) is 0 Å². The van der Waals surface area contributed by atoms with Gasteiger partial charge in [0.05, 0.1) is 16.8 Å². The number of hydrogen-bond donors (Lipinski definition) is 1. The largest absolute Gasteiger partial charge is 0.341 e. The molecule has 0 bridgehead atoms. The molecule has 5 nitrogen and oxygen atoms in total. The van der Waals surface area contributed by atoms with Gasteiger partial charge in [-0.2, -0.15) is 0 Å². The predicted molar refractivity (Wildman–Crippen MR) is 138 cm³/mol. The summed E-state index contributed by atoms with van der Waals surface area (Å²) in [5.41, 5.74) is 6.16. The van der Waals surface area contributed by atoms with E-state index in [1.807, 2.05) is 48.5 Å². The Bertz CT molecular complexity index is 1690. The molecule has 3 aromatic heterocycles. The van der Waals surface area contributed by atoms with Crippen LogP contribution in [0.2, 0.25) is 0 Å². The lowest BCUT2D eigenvalue weighted by Gasteiger charge is -2.11. The highest BCUT2D eigenvalue weighted by atomic mass is 16.1. The molecule has 0 unspecified atom stereocenters. The van der Waals surface area contributed by atoms with Crippen molar-refractivity contribution in [3.63, 3.8) is 0 Å². The van der Waals surface area contributed by atoms with Gasteiger partial charge < -0.3 is 9.88 Å². The molecule has 5 heteroatoms. The van der Waals surface area contributed by atoms with Gasteiger partial charge in [-0.1, -0.05) is 36.4 Å². The Balaban J connectivity index is 1.44. The molecular formula is C29H22N4O. The zero-order valence-electron chi connectivity index (χ0n) is 18.7. The second-order valence-corrected chi connectivity index (χ2v) is 8.26. The van der Waals surface area contributed by atoms with E-state index in [2.05, 4.69) is 58.2 Å². The SMILES string of the molecule is CCn1c2ccccc2c2cc(NC(=O)c3cc(-c4ccncc4)nc4ccccc34)ccc21. The number of carbonyl (C=O) groups is 1. The molecule has 6 rings (SSSR count). The molecule has 0 atom stereocenters. The van der Waals surface area contributed by atoms with Crippen molar-refractivity contribution in [2.45, 2.75) is 13.5 Å². The van der Waals surface area contributed by atoms with E-state index in [0.717, 1.165) is 45.3 Å². The number of anilines is 1. The molecule has 3 heterocycles. The highest BCUT2D eigenvalue weighted by Crippen LogP contribution is 2.31. The van der Waals surface area contributed by atoms with E-state index in [-0.39, 0.29) is 5.91 Å². The van der Waals surface area contributed by atoms with Crippen molar-refractivity contribution in [2.75, 3.05) is 5.32 Å². The number of carbonyl (C=O) groups excluding carboxylic acids is 1. The summed E-state index contributed by atoms with van der Waals surface area (Å²) in [6, 6.07) is 27.9. The maximum atomic E-state index is 13.5. The van der Waals surface area contributed by atoms with Gasteiger partial charge in [0.25, 0.3) is 5.91 Å². The fraction of sp³-hybridized carbons (Fsp3) is 0.0690. The van der Waals surface area contributed by atoms with E-state index in [9.17, 15) is 4.79 Å². The average molecular weight is 443 g/mol. The molecule has 0 saturated carbocycles. The summed E-state index contributed by atoms with van der Waals surface area (Å²) in [7, 11) is 0. The molecule has 0 saturated heterocycles. The Labute approximate surface area is 196 Å². The van der Waals surface area contributed by atoms with Crippen LogP contribution >= 0.6 is 0 Å². The van der Waals surface area contributed by atoms with Crippen LogP contribution in [0.5, 0.6) is 0 Å². The number of nitrogens with one attached hydrogen (secondary N) is 1. The lowest BCUT2D eigenvalue weighted by molar-refractivity contribution is 0.102. The molecule has 0 radical (unpaired) electrons. The van der Waals surface area contributed by atoms with Gasteiger partial charge in [0, 0.05) is 57.4 Å². The minimum Gasteiger partial charge on any atom is -0.341 e. The smallest absolute Gasteiger partial charge is 0.256 e. The maximum Gasteiger partial charge on any atom is 0.256 e. The van der Waals surface area contributed by atoms with Gasteiger partial charge >= 0.3 is 0 Å². The highest BCUT2D eigenvalue weighted by Gasteiger charge is 2.16. The van der Waals surface area contributed by atoms with E-state index in [1.54, 1.807) is 12.4 Å². The van der Waals surface area contributed by atoms with Crippen LogP contribution in [0.4, 0.5) is 5.69 Å². The fourth-order valence-electron chi connectivity index (χ4n) is 4.70. The quantitative estimate of drug-likeness (QED) is 0.331. The van der Waals surface area contributed by atoms with E-state index in [0.29, 0.717) is 5.56 Å². The molecule has 1 N–H and O–H groups in total. The van der Waals surface area contributed by atoms with E-state index >= 15 is 0 Å². The zero-order chi connectivity index (χ0) is 23.1. The standard InChI is InChI=1S/C29H22N4O/c1-2-33-27-10-6-4-8-22(27)23-17-20(11-12-28(23)33)31-29(34)24-18-26(19-13-15-30-16-14-19)32-25-9-5-3-7-21(24)25/h3-18H,2H2,1H3,(H,31,34). The van der Waals surface area contributed by atoms with Gasteiger partial charge in [-0.3, -0.25) is 9.78 Å². The first-order valence-electron chi connectivity index (χ1n) is 11.4. The van der Waals surface area contributed by atoms with Crippen molar-refractivity contribution >= 4 is 44.3 Å². The highest BCUT2D eigenvalue weighted by molar-refractivity contribution is 6.15. The number of aryl methyl sites for hydroxylation is 1. The average Bonchev–Trinajstić information content (AvgIpc) is 3.21. The molecule has 0 fully saturated rings. The van der Waals surface area contributed by atoms with Crippen LogP contribution in [-0.2, 0) is 6.54 Å². The monoisotopic (exact) mass is 442 g/mol. The molecular weight excluding hydrogens is 420 g/mol. The van der Waals surface area contributed by atoms with Crippen LogP contribution in [-0.4, -0.2) is 20.4 Å². The van der Waals surface area contributed by atoms with Gasteiger partial charge in [0.15, 0.2) is 0 Å². The molecule has 164 valence electrons. The lowest BCUT2D eigenvalue weighted by Crippen LogP contribution is -2.13. The summed E-state index contributed by atoms with van der Waals surface area (Å²) in [5, 5.41) is 6.26. The minimum absolute atomic E-state index is 0.160. The van der Waals surface area contributed by atoms with Crippen molar-refractivity contribution in [2.24, 2.45) is 0 Å². The number of aromatic nitrogens is 3. The Kier molecular flexibility index (Phi) is 4.81. The van der Waals surface area contributed by atoms with Gasteiger partial charge in [0.2, 0.25) is 0 Å². The summed E-state index contributed by atoms with van der Waals surface area (Å²) >= 11 is 0. The number of amides is 1. The number of pyridine rings is 2. The van der Waals surface area contributed by atoms with E-state index in [4.69, 9.17) is 4.98 Å². The molecule has 0 aliphatic heterocycles. The molecule has 0 spiro atoms. The van der Waals surface area contributed by atoms with Crippen LogP contribution in [0.1, 0.15) is 17.3 Å². The van der Waals surface area contributed by atoms with Crippen LogP contribution in [0.3, 0.4) is 0 Å². The van der Waals surface area contributed by atoms with Crippen molar-refractivity contribution in [3.8, 4) is 11.3 Å². The van der Waals surface area contributed by atoms with Gasteiger partial charge in [0.1, 0.15) is 0 Å². The van der Waals surface area contributed by atoms with Crippen molar-refractivity contribution < 1.29 is 4.79 Å². The first kappa shape index (κ1) is 20.1. The Morgan fingerprint density at radius 1 is 0.824 bits per heavy atom. The summed E-state index contributed by atoms with van der Waals surface area (Å²) in [4.78, 5) is 22.4. The number of hydrogen-bond acceptors (Lipinski definition) is 3. The van der Waals surface area contributed by atoms with Crippen LogP contribution in [0, 0.1) is 0 Å². The second-order valence-electron chi connectivity index (χ2n) is 8.26. The molecule has 34 heavy (non-hydrogen) atoms. The third kappa shape index (κ3) is 3.30. The maximum absolute atomic E-state index is 13.5. The van der Waals surface area contributed by atoms with Gasteiger partial charge in [-0.05, 0) is 55.5 Å². The molecule has 6 aromatic rings. The number of rotatable bonds is 4. The van der Waals surface area contributed by atoms with Crippen molar-refractivity contribution in [1.82, 2.24) is 14.5 Å². The topological polar surface area (TPSA) is 59.8 Å². The van der Waals surface area contributed by atoms with Crippen molar-refractivity contribution in [3.05, 3.63) is 103 Å². The van der Waals surface area contributed by atoms with Gasteiger partial charge in [-0.25, -0.2) is 4.98 Å². The number of para-hydroxylation sites is 2. The number of nitrogens with zero attached hydrogens (tertiary/aromatic N) is 3. The lowest BCUT2D eigenvalue weighted by atomic mass is 10.0. The number of benzene rings is 3. The first-order chi connectivity index (χ1) is 16.7. The zero-order valence-corrected chi connectivity index (χ0v) is 18.7. The summed E-state index contributed by atoms with van der Waals surface area (Å²) < 4.78 is 2.30. The predicted octanol–water partition coefficient (Wildman–Crippen LogP) is 6.68. The molecule has 0 aliphatic carbocycles. The van der Waals surface area contributed by atoms with Crippen LogP contribution in [0.25, 0.3) is 44.0 Å². The first-order valence-corrected chi connectivity index (χ1v) is 11.4. The second kappa shape index (κ2) is 8.12. The summed E-state index contributed by atoms with van der Waals surface area (Å²) in [5.74, 6) is -0.160. The third-order valence-corrected chi connectivity index (χ3v) is 6.28. The third-order valence-electron chi connectivity index (χ3n) is 6.28. The minimum atomic E-state index is -0.160. The van der Waals surface area contributed by atoms with E-state index < -0.39 is 0 Å². The normalized spacial score (nSPS) is 11.3. The van der Waals surface area contributed by atoms with E-state index in [1.165, 1.54) is 10.9 Å². The Morgan fingerprint density at radius 3 is 2.38 bits per heavy atom. The van der Waals surface area contributed by atoms with Crippen LogP contribution < -0.4 is 5.32 Å². The number of fused-ring (bicyclic) bond motifs is 4. The summed E-state index contributed by atoms with van der Waals surface area (Å²) in [6.07, 6.45) is 3.46. The fourth-order valence-corrected chi connectivity index (χ4v) is 4.70. The Morgan fingerprint density at radius 2 is 1.56 bits per heavy atom.